The molecule has 22 heavy (non-hydrogen) atoms. The fourth-order valence-electron chi connectivity index (χ4n) is 2.40. The van der Waals surface area contributed by atoms with Gasteiger partial charge in [-0.25, -0.2) is 4.79 Å². The summed E-state index contributed by atoms with van der Waals surface area (Å²) in [7, 11) is 0. The van der Waals surface area contributed by atoms with Crippen molar-refractivity contribution in [1.29, 1.82) is 0 Å². The van der Waals surface area contributed by atoms with E-state index in [-0.39, 0.29) is 11.4 Å². The van der Waals surface area contributed by atoms with E-state index >= 15 is 0 Å². The van der Waals surface area contributed by atoms with E-state index in [1.807, 2.05) is 0 Å². The van der Waals surface area contributed by atoms with Crippen LogP contribution in [0.4, 0.5) is 5.69 Å². The molecule has 0 fully saturated rings. The molecular formula is C15H9ClN2O4. The number of halogens is 1. The van der Waals surface area contributed by atoms with E-state index in [0.29, 0.717) is 27.1 Å². The molecule has 0 atom stereocenters. The second-order valence-electron chi connectivity index (χ2n) is 4.68. The number of fused-ring (bicyclic) bond motifs is 1. The standard InChI is InChI=1S/C15H9ClN2O4/c16-9-3-1-2-8(6-9)13-11-7-10(18(21)22)4-5-12(11)17-14(13)15(19)20/h1-7,17H,(H,19,20). The predicted molar refractivity (Wildman–Crippen MR) is 82.4 cm³/mol. The minimum absolute atomic E-state index is 0.0298. The van der Waals surface area contributed by atoms with E-state index < -0.39 is 10.9 Å². The molecule has 6 nitrogen and oxygen atoms in total. The number of hydrogen-bond acceptors (Lipinski definition) is 3. The van der Waals surface area contributed by atoms with Crippen molar-refractivity contribution in [3.8, 4) is 11.1 Å². The van der Waals surface area contributed by atoms with Crippen molar-refractivity contribution in [2.45, 2.75) is 0 Å². The van der Waals surface area contributed by atoms with Crippen molar-refractivity contribution in [3.05, 3.63) is 63.3 Å². The zero-order chi connectivity index (χ0) is 15.9. The molecule has 2 N–H and O–H groups in total. The number of aromatic carboxylic acids is 1. The first-order valence-electron chi connectivity index (χ1n) is 6.26. The Balaban J connectivity index is 2.38. The van der Waals surface area contributed by atoms with Crippen LogP contribution in [0.3, 0.4) is 0 Å². The lowest BCUT2D eigenvalue weighted by molar-refractivity contribution is -0.384. The number of aromatic nitrogens is 1. The van der Waals surface area contributed by atoms with Gasteiger partial charge in [-0.3, -0.25) is 10.1 Å². The number of H-pyrrole nitrogens is 1. The number of carboxylic acids is 1. The Hall–Kier alpha value is -2.86. The lowest BCUT2D eigenvalue weighted by Crippen LogP contribution is -1.98. The molecule has 1 aromatic heterocycles. The third-order valence-corrected chi connectivity index (χ3v) is 3.56. The van der Waals surface area contributed by atoms with Crippen LogP contribution in [-0.4, -0.2) is 21.0 Å². The third-order valence-electron chi connectivity index (χ3n) is 3.32. The summed E-state index contributed by atoms with van der Waals surface area (Å²) >= 11 is 5.96. The van der Waals surface area contributed by atoms with Gasteiger partial charge in [0, 0.05) is 33.6 Å². The van der Waals surface area contributed by atoms with Gasteiger partial charge in [0.2, 0.25) is 0 Å². The molecule has 0 amide bonds. The van der Waals surface area contributed by atoms with Crippen LogP contribution in [0, 0.1) is 10.1 Å². The third kappa shape index (κ3) is 2.29. The Morgan fingerprint density at radius 3 is 2.64 bits per heavy atom. The zero-order valence-corrected chi connectivity index (χ0v) is 11.8. The smallest absolute Gasteiger partial charge is 0.352 e. The summed E-state index contributed by atoms with van der Waals surface area (Å²) < 4.78 is 0. The van der Waals surface area contributed by atoms with Crippen LogP contribution in [-0.2, 0) is 0 Å². The maximum Gasteiger partial charge on any atom is 0.352 e. The first kappa shape index (κ1) is 14.1. The fraction of sp³-hybridized carbons (Fsp3) is 0. The normalized spacial score (nSPS) is 10.8. The molecule has 0 unspecified atom stereocenters. The number of nitro groups is 1. The first-order chi connectivity index (χ1) is 10.5. The number of nitrogens with zero attached hydrogens (tertiary/aromatic N) is 1. The summed E-state index contributed by atoms with van der Waals surface area (Å²) in [6.07, 6.45) is 0. The number of rotatable bonds is 3. The highest BCUT2D eigenvalue weighted by molar-refractivity contribution is 6.31. The van der Waals surface area contributed by atoms with Crippen LogP contribution >= 0.6 is 11.6 Å². The Kier molecular flexibility index (Phi) is 3.30. The molecule has 0 saturated carbocycles. The van der Waals surface area contributed by atoms with E-state index in [0.717, 1.165) is 0 Å². The number of aromatic amines is 1. The van der Waals surface area contributed by atoms with Gasteiger partial charge in [-0.05, 0) is 23.8 Å². The van der Waals surface area contributed by atoms with E-state index in [1.54, 1.807) is 24.3 Å². The van der Waals surface area contributed by atoms with Gasteiger partial charge in [0.05, 0.1) is 4.92 Å². The number of benzene rings is 2. The summed E-state index contributed by atoms with van der Waals surface area (Å²) in [5.41, 5.74) is 1.34. The molecule has 0 spiro atoms. The van der Waals surface area contributed by atoms with E-state index in [9.17, 15) is 20.0 Å². The van der Waals surface area contributed by atoms with E-state index in [4.69, 9.17) is 11.6 Å². The monoisotopic (exact) mass is 316 g/mol. The molecule has 110 valence electrons. The molecule has 1 heterocycles. The molecular weight excluding hydrogens is 308 g/mol. The van der Waals surface area contributed by atoms with Crippen molar-refractivity contribution in [2.75, 3.05) is 0 Å². The molecule has 2 aromatic carbocycles. The summed E-state index contributed by atoms with van der Waals surface area (Å²) in [4.78, 5) is 24.7. The Morgan fingerprint density at radius 1 is 1.23 bits per heavy atom. The van der Waals surface area contributed by atoms with Gasteiger partial charge >= 0.3 is 5.97 Å². The van der Waals surface area contributed by atoms with Crippen LogP contribution in [0.15, 0.2) is 42.5 Å². The lowest BCUT2D eigenvalue weighted by atomic mass is 10.0. The molecule has 0 radical (unpaired) electrons. The maximum atomic E-state index is 11.5. The van der Waals surface area contributed by atoms with Crippen molar-refractivity contribution >= 4 is 34.2 Å². The highest BCUT2D eigenvalue weighted by atomic mass is 35.5. The van der Waals surface area contributed by atoms with Crippen LogP contribution in [0.1, 0.15) is 10.5 Å². The Labute approximate surface area is 129 Å². The number of nitrogens with one attached hydrogen (secondary N) is 1. The number of hydrogen-bond donors (Lipinski definition) is 2. The highest BCUT2D eigenvalue weighted by Crippen LogP contribution is 2.35. The molecule has 0 saturated heterocycles. The first-order valence-corrected chi connectivity index (χ1v) is 6.64. The van der Waals surface area contributed by atoms with Gasteiger partial charge in [-0.15, -0.1) is 0 Å². The molecule has 3 rings (SSSR count). The molecule has 0 aliphatic heterocycles. The quantitative estimate of drug-likeness (QED) is 0.561. The molecule has 0 bridgehead atoms. The minimum atomic E-state index is -1.14. The summed E-state index contributed by atoms with van der Waals surface area (Å²) in [5.74, 6) is -1.14. The molecule has 0 aliphatic carbocycles. The molecule has 7 heteroatoms. The Morgan fingerprint density at radius 2 is 2.00 bits per heavy atom. The number of carbonyl (C=O) groups is 1. The fourth-order valence-corrected chi connectivity index (χ4v) is 2.59. The maximum absolute atomic E-state index is 11.5. The van der Waals surface area contributed by atoms with E-state index in [2.05, 4.69) is 4.98 Å². The summed E-state index contributed by atoms with van der Waals surface area (Å²) in [5, 5.41) is 21.2. The largest absolute Gasteiger partial charge is 0.477 e. The van der Waals surface area contributed by atoms with Crippen molar-refractivity contribution in [3.63, 3.8) is 0 Å². The SMILES string of the molecule is O=C(O)c1[nH]c2ccc([N+](=O)[O-])cc2c1-c1cccc(Cl)c1. The van der Waals surface area contributed by atoms with Crippen molar-refractivity contribution < 1.29 is 14.8 Å². The Bertz CT molecular complexity index is 917. The van der Waals surface area contributed by atoms with Gasteiger partial charge in [0.1, 0.15) is 5.69 Å². The topological polar surface area (TPSA) is 96.2 Å². The van der Waals surface area contributed by atoms with Crippen molar-refractivity contribution in [1.82, 2.24) is 4.98 Å². The molecule has 0 aliphatic rings. The van der Waals surface area contributed by atoms with Crippen LogP contribution in [0.2, 0.25) is 5.02 Å². The average Bonchev–Trinajstić information content (AvgIpc) is 2.85. The van der Waals surface area contributed by atoms with Crippen LogP contribution in [0.25, 0.3) is 22.0 Å². The lowest BCUT2D eigenvalue weighted by Gasteiger charge is -2.03. The summed E-state index contributed by atoms with van der Waals surface area (Å²) in [6.45, 7) is 0. The highest BCUT2D eigenvalue weighted by Gasteiger charge is 2.20. The van der Waals surface area contributed by atoms with Crippen LogP contribution < -0.4 is 0 Å². The van der Waals surface area contributed by atoms with Gasteiger partial charge < -0.3 is 10.1 Å². The van der Waals surface area contributed by atoms with Crippen molar-refractivity contribution in [2.24, 2.45) is 0 Å². The van der Waals surface area contributed by atoms with Gasteiger partial charge in [-0.2, -0.15) is 0 Å². The summed E-state index contributed by atoms with van der Waals surface area (Å²) in [6, 6.07) is 10.9. The zero-order valence-electron chi connectivity index (χ0n) is 11.0. The minimum Gasteiger partial charge on any atom is -0.477 e. The molecule has 3 aromatic rings. The number of non-ortho nitro benzene ring substituents is 1. The number of carboxylic acid groups (broad SMARTS) is 1. The van der Waals surface area contributed by atoms with Crippen LogP contribution in [0.5, 0.6) is 0 Å². The number of nitro benzene ring substituents is 1. The average molecular weight is 317 g/mol. The van der Waals surface area contributed by atoms with Gasteiger partial charge in [0.15, 0.2) is 0 Å². The van der Waals surface area contributed by atoms with Gasteiger partial charge in [-0.1, -0.05) is 23.7 Å². The van der Waals surface area contributed by atoms with Gasteiger partial charge in [0.25, 0.3) is 5.69 Å². The second-order valence-corrected chi connectivity index (χ2v) is 5.11. The predicted octanol–water partition coefficient (Wildman–Crippen LogP) is 4.09. The second kappa shape index (κ2) is 5.16. The van der Waals surface area contributed by atoms with E-state index in [1.165, 1.54) is 18.2 Å².